The van der Waals surface area contributed by atoms with E-state index in [1.54, 1.807) is 16.9 Å². The Hall–Kier alpha value is -1.39. The molecule has 1 heterocycles. The van der Waals surface area contributed by atoms with Gasteiger partial charge in [-0.15, -0.1) is 0 Å². The summed E-state index contributed by atoms with van der Waals surface area (Å²) in [5.41, 5.74) is 7.68. The Labute approximate surface area is 104 Å². The maximum Gasteiger partial charge on any atom is 0.124 e. The quantitative estimate of drug-likeness (QED) is 0.914. The molecule has 0 aliphatic rings. The van der Waals surface area contributed by atoms with Crippen LogP contribution >= 0.6 is 11.6 Å². The summed E-state index contributed by atoms with van der Waals surface area (Å²) in [5.74, 6) is -0.366. The summed E-state index contributed by atoms with van der Waals surface area (Å²) < 4.78 is 14.8. The molecule has 5 heteroatoms. The van der Waals surface area contributed by atoms with Gasteiger partial charge >= 0.3 is 0 Å². The van der Waals surface area contributed by atoms with Crippen molar-refractivity contribution in [3.05, 3.63) is 52.6 Å². The predicted molar refractivity (Wildman–Crippen MR) is 65.3 cm³/mol. The maximum atomic E-state index is 13.0. The van der Waals surface area contributed by atoms with Crippen molar-refractivity contribution in [3.8, 4) is 0 Å². The molecule has 0 amide bonds. The second kappa shape index (κ2) is 4.85. The van der Waals surface area contributed by atoms with E-state index in [4.69, 9.17) is 17.3 Å². The molecule has 2 aromatic rings. The number of aryl methyl sites for hydroxylation is 1. The average molecular weight is 254 g/mol. The van der Waals surface area contributed by atoms with E-state index < -0.39 is 6.04 Å². The van der Waals surface area contributed by atoms with Crippen LogP contribution in [0.15, 0.2) is 30.5 Å². The predicted octanol–water partition coefficient (Wildman–Crippen LogP) is 2.74. The zero-order valence-electron chi connectivity index (χ0n) is 9.40. The summed E-state index contributed by atoms with van der Waals surface area (Å²) >= 11 is 5.99. The van der Waals surface area contributed by atoms with Crippen LogP contribution < -0.4 is 5.73 Å². The van der Waals surface area contributed by atoms with Crippen LogP contribution in [0.1, 0.15) is 24.2 Å². The van der Waals surface area contributed by atoms with Gasteiger partial charge in [-0.2, -0.15) is 5.10 Å². The molecule has 0 radical (unpaired) electrons. The van der Waals surface area contributed by atoms with Crippen LogP contribution in [-0.4, -0.2) is 9.78 Å². The van der Waals surface area contributed by atoms with Crippen LogP contribution in [-0.2, 0) is 6.54 Å². The minimum atomic E-state index is -0.398. The summed E-state index contributed by atoms with van der Waals surface area (Å²) in [6, 6.07) is 5.67. The van der Waals surface area contributed by atoms with Gasteiger partial charge in [0.25, 0.3) is 0 Å². The van der Waals surface area contributed by atoms with Crippen LogP contribution in [0.4, 0.5) is 4.39 Å². The van der Waals surface area contributed by atoms with Crippen molar-refractivity contribution in [2.75, 3.05) is 0 Å². The lowest BCUT2D eigenvalue weighted by atomic mass is 10.0. The monoisotopic (exact) mass is 253 g/mol. The van der Waals surface area contributed by atoms with Gasteiger partial charge in [-0.3, -0.25) is 4.68 Å². The number of hydrogen-bond donors (Lipinski definition) is 1. The molecule has 0 aliphatic heterocycles. The van der Waals surface area contributed by atoms with Crippen molar-refractivity contribution < 1.29 is 4.39 Å². The molecule has 0 saturated carbocycles. The first-order valence-corrected chi connectivity index (χ1v) is 5.73. The van der Waals surface area contributed by atoms with Crippen molar-refractivity contribution in [2.24, 2.45) is 5.73 Å². The van der Waals surface area contributed by atoms with Gasteiger partial charge in [-0.05, 0) is 30.7 Å². The van der Waals surface area contributed by atoms with Crippen LogP contribution in [0.5, 0.6) is 0 Å². The van der Waals surface area contributed by atoms with E-state index in [1.165, 1.54) is 12.1 Å². The first kappa shape index (κ1) is 12.1. The second-order valence-corrected chi connectivity index (χ2v) is 4.12. The van der Waals surface area contributed by atoms with Gasteiger partial charge in [0.1, 0.15) is 5.82 Å². The third-order valence-corrected chi connectivity index (χ3v) is 2.99. The number of halogens is 2. The largest absolute Gasteiger partial charge is 0.319 e. The number of benzene rings is 1. The lowest BCUT2D eigenvalue weighted by molar-refractivity contribution is 0.598. The maximum absolute atomic E-state index is 13.0. The van der Waals surface area contributed by atoms with E-state index in [0.29, 0.717) is 10.6 Å². The van der Waals surface area contributed by atoms with E-state index in [1.807, 2.05) is 13.0 Å². The van der Waals surface area contributed by atoms with Gasteiger partial charge < -0.3 is 5.73 Å². The first-order chi connectivity index (χ1) is 8.13. The van der Waals surface area contributed by atoms with Crippen LogP contribution in [0.3, 0.4) is 0 Å². The third-order valence-electron chi connectivity index (χ3n) is 2.67. The Morgan fingerprint density at radius 1 is 1.47 bits per heavy atom. The highest BCUT2D eigenvalue weighted by Gasteiger charge is 2.16. The Bertz CT molecular complexity index is 524. The molecular formula is C12H13ClFN3. The van der Waals surface area contributed by atoms with Crippen LogP contribution in [0.2, 0.25) is 5.02 Å². The summed E-state index contributed by atoms with van der Waals surface area (Å²) in [6.45, 7) is 2.71. The van der Waals surface area contributed by atoms with Gasteiger partial charge in [0.2, 0.25) is 0 Å². The minimum absolute atomic E-state index is 0.335. The molecule has 1 aromatic heterocycles. The molecule has 0 saturated heterocycles. The Balaban J connectivity index is 2.40. The zero-order chi connectivity index (χ0) is 12.4. The Morgan fingerprint density at radius 3 is 2.88 bits per heavy atom. The number of rotatable bonds is 3. The fraction of sp³-hybridized carbons (Fsp3) is 0.250. The van der Waals surface area contributed by atoms with Crippen molar-refractivity contribution in [1.29, 1.82) is 0 Å². The molecule has 2 N–H and O–H groups in total. The highest BCUT2D eigenvalue weighted by molar-refractivity contribution is 6.31. The lowest BCUT2D eigenvalue weighted by Gasteiger charge is -2.15. The molecule has 1 atom stereocenters. The molecule has 0 spiro atoms. The number of aromatic nitrogens is 2. The third kappa shape index (κ3) is 2.33. The second-order valence-electron chi connectivity index (χ2n) is 3.72. The van der Waals surface area contributed by atoms with E-state index in [0.717, 1.165) is 12.2 Å². The summed E-state index contributed by atoms with van der Waals surface area (Å²) in [7, 11) is 0. The molecule has 3 nitrogen and oxygen atoms in total. The first-order valence-electron chi connectivity index (χ1n) is 5.35. The Kier molecular flexibility index (Phi) is 3.45. The highest BCUT2D eigenvalue weighted by atomic mass is 35.5. The van der Waals surface area contributed by atoms with Gasteiger partial charge in [-0.1, -0.05) is 17.7 Å². The number of nitrogens with zero attached hydrogens (tertiary/aromatic N) is 2. The molecule has 2 rings (SSSR count). The summed E-state index contributed by atoms with van der Waals surface area (Å²) in [6.07, 6.45) is 1.69. The van der Waals surface area contributed by atoms with E-state index >= 15 is 0 Å². The van der Waals surface area contributed by atoms with Gasteiger partial charge in [-0.25, -0.2) is 4.39 Å². The minimum Gasteiger partial charge on any atom is -0.319 e. The van der Waals surface area contributed by atoms with Crippen molar-refractivity contribution in [3.63, 3.8) is 0 Å². The molecule has 1 unspecified atom stereocenters. The smallest absolute Gasteiger partial charge is 0.124 e. The average Bonchev–Trinajstić information content (AvgIpc) is 2.76. The molecule has 1 aromatic carbocycles. The van der Waals surface area contributed by atoms with Crippen molar-refractivity contribution in [2.45, 2.75) is 19.5 Å². The molecule has 17 heavy (non-hydrogen) atoms. The molecule has 0 aliphatic carbocycles. The van der Waals surface area contributed by atoms with Gasteiger partial charge in [0.05, 0.1) is 11.7 Å². The van der Waals surface area contributed by atoms with Gasteiger partial charge in [0, 0.05) is 17.8 Å². The van der Waals surface area contributed by atoms with Crippen molar-refractivity contribution >= 4 is 11.6 Å². The summed E-state index contributed by atoms with van der Waals surface area (Å²) in [5, 5.41) is 4.48. The van der Waals surface area contributed by atoms with E-state index in [-0.39, 0.29) is 5.82 Å². The highest BCUT2D eigenvalue weighted by Crippen LogP contribution is 2.26. The van der Waals surface area contributed by atoms with Crippen LogP contribution in [0.25, 0.3) is 0 Å². The zero-order valence-corrected chi connectivity index (χ0v) is 10.2. The fourth-order valence-corrected chi connectivity index (χ4v) is 2.07. The standard InChI is InChI=1S/C12H13ClFN3/c1-2-17-11(5-6-16-17)12(15)9-4-3-8(14)7-10(9)13/h3-7,12H,2,15H2,1H3. The van der Waals surface area contributed by atoms with E-state index in [2.05, 4.69) is 5.10 Å². The topological polar surface area (TPSA) is 43.8 Å². The molecule has 0 bridgehead atoms. The number of hydrogen-bond acceptors (Lipinski definition) is 2. The van der Waals surface area contributed by atoms with Gasteiger partial charge in [0.15, 0.2) is 0 Å². The Morgan fingerprint density at radius 2 is 2.24 bits per heavy atom. The fourth-order valence-electron chi connectivity index (χ4n) is 1.78. The van der Waals surface area contributed by atoms with E-state index in [9.17, 15) is 4.39 Å². The molecule has 90 valence electrons. The van der Waals surface area contributed by atoms with Crippen LogP contribution in [0, 0.1) is 5.82 Å². The number of nitrogens with two attached hydrogens (primary N) is 1. The lowest BCUT2D eigenvalue weighted by Crippen LogP contribution is -2.17. The molecule has 0 fully saturated rings. The van der Waals surface area contributed by atoms with Crippen molar-refractivity contribution in [1.82, 2.24) is 9.78 Å². The molecular weight excluding hydrogens is 241 g/mol. The SMILES string of the molecule is CCn1nccc1C(N)c1ccc(F)cc1Cl. The normalized spacial score (nSPS) is 12.7. The summed E-state index contributed by atoms with van der Waals surface area (Å²) in [4.78, 5) is 0.